The van der Waals surface area contributed by atoms with Gasteiger partial charge in [0.15, 0.2) is 0 Å². The maximum absolute atomic E-state index is 13.3. The molecule has 3 heterocycles. The Hall–Kier alpha value is -4.04. The van der Waals surface area contributed by atoms with Gasteiger partial charge in [-0.05, 0) is 42.0 Å². The molecule has 2 aromatic carbocycles. The van der Waals surface area contributed by atoms with Gasteiger partial charge in [-0.1, -0.05) is 28.9 Å². The van der Waals surface area contributed by atoms with Gasteiger partial charge in [-0.25, -0.2) is 9.97 Å². The fourth-order valence-corrected chi connectivity index (χ4v) is 3.59. The number of aromatic nitrogens is 5. The van der Waals surface area contributed by atoms with Gasteiger partial charge in [-0.15, -0.1) is 0 Å². The van der Waals surface area contributed by atoms with Gasteiger partial charge in [0.1, 0.15) is 17.8 Å². The molecule has 0 N–H and O–H groups in total. The second-order valence-electron chi connectivity index (χ2n) is 7.03. The topological polar surface area (TPSA) is 95.9 Å². The van der Waals surface area contributed by atoms with Crippen molar-refractivity contribution >= 4 is 28.3 Å². The van der Waals surface area contributed by atoms with Crippen LogP contribution < -0.4 is 4.74 Å². The SMILES string of the molecule is COc1ccc2c(c1)c(C(=O)c1nc(-c3ccncn3)no1)cn2Cc1ccc(Cl)cc1. The largest absolute Gasteiger partial charge is 0.497 e. The van der Waals surface area contributed by atoms with Crippen LogP contribution >= 0.6 is 11.6 Å². The Morgan fingerprint density at radius 1 is 1.16 bits per heavy atom. The van der Waals surface area contributed by atoms with E-state index in [2.05, 4.69) is 20.1 Å². The Labute approximate surface area is 187 Å². The molecule has 5 aromatic rings. The van der Waals surface area contributed by atoms with Crippen LogP contribution in [0.1, 0.15) is 21.8 Å². The number of fused-ring (bicyclic) bond motifs is 1. The van der Waals surface area contributed by atoms with Gasteiger partial charge >= 0.3 is 0 Å². The number of carbonyl (C=O) groups is 1. The third-order valence-electron chi connectivity index (χ3n) is 5.03. The summed E-state index contributed by atoms with van der Waals surface area (Å²) in [5.74, 6) is 0.360. The molecule has 0 spiro atoms. The van der Waals surface area contributed by atoms with Gasteiger partial charge in [-0.2, -0.15) is 4.98 Å². The number of rotatable bonds is 6. The Morgan fingerprint density at radius 3 is 2.75 bits per heavy atom. The molecule has 158 valence electrons. The molecular weight excluding hydrogens is 430 g/mol. The molecule has 0 unspecified atom stereocenters. The van der Waals surface area contributed by atoms with Gasteiger partial charge in [-0.3, -0.25) is 4.79 Å². The second kappa shape index (κ2) is 8.24. The number of methoxy groups -OCH3 is 1. The summed E-state index contributed by atoms with van der Waals surface area (Å²) in [6, 6.07) is 14.8. The van der Waals surface area contributed by atoms with E-state index in [1.54, 1.807) is 25.6 Å². The fraction of sp³-hybridized carbons (Fsp3) is 0.0870. The van der Waals surface area contributed by atoms with Crippen LogP contribution in [0.3, 0.4) is 0 Å². The molecule has 0 fully saturated rings. The van der Waals surface area contributed by atoms with Gasteiger partial charge in [0.05, 0.1) is 12.7 Å². The molecule has 0 radical (unpaired) electrons. The lowest BCUT2D eigenvalue weighted by molar-refractivity contribution is 0.0995. The average molecular weight is 446 g/mol. The highest BCUT2D eigenvalue weighted by Crippen LogP contribution is 2.29. The molecule has 5 rings (SSSR count). The van der Waals surface area contributed by atoms with Crippen LogP contribution in [0, 0.1) is 0 Å². The van der Waals surface area contributed by atoms with Crippen LogP contribution in [-0.2, 0) is 6.54 Å². The number of carbonyl (C=O) groups excluding carboxylic acids is 1. The van der Waals surface area contributed by atoms with E-state index in [-0.39, 0.29) is 17.5 Å². The van der Waals surface area contributed by atoms with Crippen LogP contribution in [0.15, 0.2) is 71.8 Å². The Morgan fingerprint density at radius 2 is 2.00 bits per heavy atom. The van der Waals surface area contributed by atoms with Crippen molar-refractivity contribution in [2.24, 2.45) is 0 Å². The normalized spacial score (nSPS) is 11.1. The maximum atomic E-state index is 13.3. The summed E-state index contributed by atoms with van der Waals surface area (Å²) in [6.07, 6.45) is 4.73. The maximum Gasteiger partial charge on any atom is 0.299 e. The minimum absolute atomic E-state index is 0.119. The van der Waals surface area contributed by atoms with Crippen molar-refractivity contribution in [2.45, 2.75) is 6.54 Å². The van der Waals surface area contributed by atoms with Crippen molar-refractivity contribution in [1.29, 1.82) is 0 Å². The van der Waals surface area contributed by atoms with Crippen LogP contribution in [0.5, 0.6) is 5.75 Å². The van der Waals surface area contributed by atoms with Crippen molar-refractivity contribution in [1.82, 2.24) is 24.7 Å². The predicted molar refractivity (Wildman–Crippen MR) is 118 cm³/mol. The number of ketones is 1. The quantitative estimate of drug-likeness (QED) is 0.357. The molecular formula is C23H16ClN5O3. The predicted octanol–water partition coefficient (Wildman–Crippen LogP) is 4.42. The second-order valence-corrected chi connectivity index (χ2v) is 7.46. The summed E-state index contributed by atoms with van der Waals surface area (Å²) in [5.41, 5.74) is 2.82. The van der Waals surface area contributed by atoms with Gasteiger partial charge < -0.3 is 13.8 Å². The van der Waals surface area contributed by atoms with E-state index in [9.17, 15) is 4.79 Å². The fourth-order valence-electron chi connectivity index (χ4n) is 3.46. The average Bonchev–Trinajstić information content (AvgIpc) is 3.46. The smallest absolute Gasteiger partial charge is 0.299 e. The molecule has 0 bridgehead atoms. The standard InChI is InChI=1S/C23H16ClN5O3/c1-31-16-6-7-20-17(10-16)18(12-29(20)11-14-2-4-15(24)5-3-14)21(30)23-27-22(28-32-23)19-8-9-25-13-26-19/h2-10,12-13H,11H2,1H3. The highest BCUT2D eigenvalue weighted by Gasteiger charge is 2.23. The number of nitrogens with zero attached hydrogens (tertiary/aromatic N) is 5. The van der Waals surface area contributed by atoms with Crippen molar-refractivity contribution in [3.63, 3.8) is 0 Å². The van der Waals surface area contributed by atoms with E-state index in [1.807, 2.05) is 47.0 Å². The van der Waals surface area contributed by atoms with E-state index in [0.29, 0.717) is 28.6 Å². The monoisotopic (exact) mass is 445 g/mol. The van der Waals surface area contributed by atoms with Gasteiger partial charge in [0.25, 0.3) is 11.7 Å². The zero-order chi connectivity index (χ0) is 22.1. The summed E-state index contributed by atoms with van der Waals surface area (Å²) in [6.45, 7) is 0.559. The molecule has 0 aliphatic heterocycles. The van der Waals surface area contributed by atoms with Crippen LogP contribution in [0.25, 0.3) is 22.4 Å². The molecule has 0 aliphatic rings. The summed E-state index contributed by atoms with van der Waals surface area (Å²) in [7, 11) is 1.58. The molecule has 0 amide bonds. The zero-order valence-corrected chi connectivity index (χ0v) is 17.7. The van der Waals surface area contributed by atoms with Crippen molar-refractivity contribution in [2.75, 3.05) is 7.11 Å². The van der Waals surface area contributed by atoms with Crippen molar-refractivity contribution < 1.29 is 14.1 Å². The van der Waals surface area contributed by atoms with E-state index in [4.69, 9.17) is 20.9 Å². The third kappa shape index (κ3) is 3.72. The number of hydrogen-bond acceptors (Lipinski definition) is 7. The lowest BCUT2D eigenvalue weighted by atomic mass is 10.1. The molecule has 0 aliphatic carbocycles. The molecule has 3 aromatic heterocycles. The third-order valence-corrected chi connectivity index (χ3v) is 5.28. The minimum atomic E-state index is -0.383. The van der Waals surface area contributed by atoms with E-state index < -0.39 is 0 Å². The van der Waals surface area contributed by atoms with Gasteiger partial charge in [0, 0.05) is 34.9 Å². The van der Waals surface area contributed by atoms with Crippen LogP contribution in [-0.4, -0.2) is 37.6 Å². The summed E-state index contributed by atoms with van der Waals surface area (Å²) in [4.78, 5) is 25.5. The van der Waals surface area contributed by atoms with E-state index in [0.717, 1.165) is 16.5 Å². The van der Waals surface area contributed by atoms with Crippen LogP contribution in [0.4, 0.5) is 0 Å². The minimum Gasteiger partial charge on any atom is -0.497 e. The molecule has 0 saturated heterocycles. The first-order valence-corrected chi connectivity index (χ1v) is 10.1. The number of hydrogen-bond donors (Lipinski definition) is 0. The van der Waals surface area contributed by atoms with Crippen molar-refractivity contribution in [3.05, 3.63) is 89.3 Å². The van der Waals surface area contributed by atoms with Crippen LogP contribution in [0.2, 0.25) is 5.02 Å². The van der Waals surface area contributed by atoms with E-state index >= 15 is 0 Å². The first-order valence-electron chi connectivity index (χ1n) is 9.68. The Balaban J connectivity index is 1.56. The molecule has 0 saturated carbocycles. The first kappa shape index (κ1) is 19.9. The summed E-state index contributed by atoms with van der Waals surface area (Å²) >= 11 is 6.01. The number of benzene rings is 2. The number of halogens is 1. The number of ether oxygens (including phenoxy) is 1. The highest BCUT2D eigenvalue weighted by molar-refractivity contribution is 6.30. The molecule has 32 heavy (non-hydrogen) atoms. The Bertz CT molecular complexity index is 1410. The Kier molecular flexibility index (Phi) is 5.12. The molecule has 8 nitrogen and oxygen atoms in total. The van der Waals surface area contributed by atoms with Crippen molar-refractivity contribution in [3.8, 4) is 17.3 Å². The lowest BCUT2D eigenvalue weighted by Gasteiger charge is -2.06. The van der Waals surface area contributed by atoms with E-state index in [1.165, 1.54) is 6.33 Å². The summed E-state index contributed by atoms with van der Waals surface area (Å²) < 4.78 is 12.6. The molecule has 0 atom stereocenters. The van der Waals surface area contributed by atoms with Gasteiger partial charge in [0.2, 0.25) is 5.82 Å². The first-order chi connectivity index (χ1) is 15.6. The highest BCUT2D eigenvalue weighted by atomic mass is 35.5. The summed E-state index contributed by atoms with van der Waals surface area (Å²) in [5, 5.41) is 5.28. The zero-order valence-electron chi connectivity index (χ0n) is 16.9. The molecule has 9 heteroatoms. The lowest BCUT2D eigenvalue weighted by Crippen LogP contribution is -2.02.